The van der Waals surface area contributed by atoms with Crippen LogP contribution < -0.4 is 15.6 Å². The van der Waals surface area contributed by atoms with Crippen LogP contribution in [0.4, 0.5) is 0 Å². The number of pyridine rings is 1. The van der Waals surface area contributed by atoms with Crippen LogP contribution in [0.15, 0.2) is 41.3 Å². The fraction of sp³-hybridized carbons (Fsp3) is 0.235. The summed E-state index contributed by atoms with van der Waals surface area (Å²) < 4.78 is 11.1. The number of esters is 1. The highest BCUT2D eigenvalue weighted by atomic mass is 16.5. The highest BCUT2D eigenvalue weighted by molar-refractivity contribution is 5.97. The molecule has 0 aliphatic rings. The highest BCUT2D eigenvalue weighted by Gasteiger charge is 2.17. The first kappa shape index (κ1) is 17.3. The van der Waals surface area contributed by atoms with E-state index in [4.69, 9.17) is 4.74 Å². The van der Waals surface area contributed by atoms with Gasteiger partial charge in [-0.3, -0.25) is 9.59 Å². The molecule has 126 valence electrons. The summed E-state index contributed by atoms with van der Waals surface area (Å²) in [7, 11) is 4.20. The van der Waals surface area contributed by atoms with E-state index in [-0.39, 0.29) is 17.7 Å². The van der Waals surface area contributed by atoms with Crippen molar-refractivity contribution in [2.75, 3.05) is 21.3 Å². The molecule has 0 radical (unpaired) electrons. The number of rotatable bonds is 5. The molecule has 0 aliphatic heterocycles. The molecule has 1 heterocycles. The molecule has 1 N–H and O–H groups in total. The van der Waals surface area contributed by atoms with Crippen LogP contribution in [0.25, 0.3) is 0 Å². The van der Waals surface area contributed by atoms with Crippen LogP contribution in [0, 0.1) is 0 Å². The Morgan fingerprint density at radius 3 is 2.58 bits per heavy atom. The minimum absolute atomic E-state index is 0.122. The second kappa shape index (κ2) is 7.45. The Labute approximate surface area is 138 Å². The van der Waals surface area contributed by atoms with Gasteiger partial charge in [-0.1, -0.05) is 12.1 Å². The van der Waals surface area contributed by atoms with E-state index < -0.39 is 17.4 Å². The van der Waals surface area contributed by atoms with Crippen LogP contribution in [0.1, 0.15) is 26.3 Å². The quantitative estimate of drug-likeness (QED) is 0.828. The van der Waals surface area contributed by atoms with Gasteiger partial charge in [0.2, 0.25) is 0 Å². The minimum Gasteiger partial charge on any atom is -0.497 e. The smallest absolute Gasteiger partial charge is 0.339 e. The van der Waals surface area contributed by atoms with Crippen LogP contribution in [0.2, 0.25) is 0 Å². The summed E-state index contributed by atoms with van der Waals surface area (Å²) in [5.41, 5.74) is 0.299. The van der Waals surface area contributed by atoms with E-state index in [1.54, 1.807) is 25.3 Å². The van der Waals surface area contributed by atoms with Gasteiger partial charge in [-0.2, -0.15) is 0 Å². The zero-order chi connectivity index (χ0) is 17.7. The molecule has 0 saturated heterocycles. The number of nitrogens with zero attached hydrogens (tertiary/aromatic N) is 1. The average molecular weight is 330 g/mol. The average Bonchev–Trinajstić information content (AvgIpc) is 2.62. The van der Waals surface area contributed by atoms with Crippen molar-refractivity contribution in [3.8, 4) is 5.75 Å². The predicted molar refractivity (Wildman–Crippen MR) is 87.5 cm³/mol. The number of ether oxygens (including phenoxy) is 2. The number of nitrogens with one attached hydrogen (secondary N) is 1. The zero-order valence-electron chi connectivity index (χ0n) is 13.7. The van der Waals surface area contributed by atoms with E-state index in [0.29, 0.717) is 5.75 Å². The van der Waals surface area contributed by atoms with E-state index in [2.05, 4.69) is 10.1 Å². The Kier molecular flexibility index (Phi) is 5.36. The topological polar surface area (TPSA) is 86.6 Å². The molecule has 0 saturated carbocycles. The molecule has 1 amide bonds. The Balaban J connectivity index is 2.52. The molecule has 24 heavy (non-hydrogen) atoms. The van der Waals surface area contributed by atoms with Crippen molar-refractivity contribution in [3.05, 3.63) is 63.6 Å². The van der Waals surface area contributed by atoms with Crippen molar-refractivity contribution >= 4 is 11.9 Å². The first-order valence-corrected chi connectivity index (χ1v) is 7.18. The van der Waals surface area contributed by atoms with Crippen LogP contribution in [-0.4, -0.2) is 37.7 Å². The summed E-state index contributed by atoms with van der Waals surface area (Å²) in [5.74, 6) is -0.541. The van der Waals surface area contributed by atoms with Crippen LogP contribution in [0.5, 0.6) is 5.75 Å². The molecule has 1 aromatic carbocycles. The molecule has 0 spiro atoms. The number of aromatic nitrogens is 1. The molecule has 0 bridgehead atoms. The Morgan fingerprint density at radius 2 is 1.96 bits per heavy atom. The molecule has 2 aromatic rings. The summed E-state index contributed by atoms with van der Waals surface area (Å²) in [6, 6.07) is 8.40. The van der Waals surface area contributed by atoms with Crippen molar-refractivity contribution in [1.29, 1.82) is 0 Å². The first-order valence-electron chi connectivity index (χ1n) is 7.18. The van der Waals surface area contributed by atoms with Crippen LogP contribution in [-0.2, 0) is 11.3 Å². The molecule has 0 fully saturated rings. The van der Waals surface area contributed by atoms with Gasteiger partial charge in [-0.15, -0.1) is 0 Å². The number of hydrogen-bond donors (Lipinski definition) is 1. The molecule has 2 rings (SSSR count). The lowest BCUT2D eigenvalue weighted by Gasteiger charge is -2.11. The number of carbonyl (C=O) groups is 2. The van der Waals surface area contributed by atoms with Gasteiger partial charge in [0.1, 0.15) is 11.3 Å². The van der Waals surface area contributed by atoms with Crippen LogP contribution >= 0.6 is 0 Å². The lowest BCUT2D eigenvalue weighted by atomic mass is 10.1. The van der Waals surface area contributed by atoms with E-state index in [0.717, 1.165) is 5.56 Å². The van der Waals surface area contributed by atoms with Gasteiger partial charge in [0.15, 0.2) is 0 Å². The standard InChI is InChI=1S/C17H18N2O5/c1-18-15(20)14-8-12(17(22)24-3)10-19(16(14)21)9-11-5-4-6-13(7-11)23-2/h4-8,10H,9H2,1-3H3,(H,18,20). The second-order valence-corrected chi connectivity index (χ2v) is 5.00. The number of benzene rings is 1. The lowest BCUT2D eigenvalue weighted by molar-refractivity contribution is 0.0599. The van der Waals surface area contributed by atoms with Crippen LogP contribution in [0.3, 0.4) is 0 Å². The third-order valence-electron chi connectivity index (χ3n) is 3.47. The lowest BCUT2D eigenvalue weighted by Crippen LogP contribution is -2.32. The molecule has 0 atom stereocenters. The van der Waals surface area contributed by atoms with Crippen molar-refractivity contribution in [2.24, 2.45) is 0 Å². The molecule has 7 nitrogen and oxygen atoms in total. The molecule has 1 aromatic heterocycles. The Bertz CT molecular complexity index is 826. The largest absolute Gasteiger partial charge is 0.497 e. The maximum Gasteiger partial charge on any atom is 0.339 e. The highest BCUT2D eigenvalue weighted by Crippen LogP contribution is 2.14. The maximum atomic E-state index is 12.5. The molecule has 0 aliphatic carbocycles. The first-order chi connectivity index (χ1) is 11.5. The van der Waals surface area contributed by atoms with Gasteiger partial charge in [0, 0.05) is 13.2 Å². The number of carbonyl (C=O) groups excluding carboxylic acids is 2. The monoisotopic (exact) mass is 330 g/mol. The summed E-state index contributed by atoms with van der Waals surface area (Å²) in [6.07, 6.45) is 1.38. The summed E-state index contributed by atoms with van der Waals surface area (Å²) >= 11 is 0. The van der Waals surface area contributed by atoms with Crippen molar-refractivity contribution in [3.63, 3.8) is 0 Å². The SMILES string of the molecule is CNC(=O)c1cc(C(=O)OC)cn(Cc2cccc(OC)c2)c1=O. The number of hydrogen-bond acceptors (Lipinski definition) is 5. The third-order valence-corrected chi connectivity index (χ3v) is 3.47. The van der Waals surface area contributed by atoms with Gasteiger partial charge in [0.05, 0.1) is 26.3 Å². The van der Waals surface area contributed by atoms with E-state index in [1.165, 1.54) is 31.0 Å². The maximum absolute atomic E-state index is 12.5. The fourth-order valence-corrected chi connectivity index (χ4v) is 2.25. The zero-order valence-corrected chi connectivity index (χ0v) is 13.7. The fourth-order valence-electron chi connectivity index (χ4n) is 2.25. The Hall–Kier alpha value is -3.09. The predicted octanol–water partition coefficient (Wildman–Crippen LogP) is 1.05. The molecular weight excluding hydrogens is 312 g/mol. The van der Waals surface area contributed by atoms with Gasteiger partial charge < -0.3 is 19.4 Å². The van der Waals surface area contributed by atoms with E-state index in [9.17, 15) is 14.4 Å². The Morgan fingerprint density at radius 1 is 1.21 bits per heavy atom. The molecule has 0 unspecified atom stereocenters. The summed E-state index contributed by atoms with van der Waals surface area (Å²) in [6.45, 7) is 0.185. The van der Waals surface area contributed by atoms with Gasteiger partial charge in [-0.05, 0) is 23.8 Å². The van der Waals surface area contributed by atoms with Crippen molar-refractivity contribution < 1.29 is 19.1 Å². The second-order valence-electron chi connectivity index (χ2n) is 5.00. The third kappa shape index (κ3) is 3.62. The van der Waals surface area contributed by atoms with Crippen molar-refractivity contribution in [1.82, 2.24) is 9.88 Å². The van der Waals surface area contributed by atoms with Gasteiger partial charge in [-0.25, -0.2) is 4.79 Å². The minimum atomic E-state index is -0.625. The number of methoxy groups -OCH3 is 2. The molecule has 7 heteroatoms. The van der Waals surface area contributed by atoms with Crippen molar-refractivity contribution in [2.45, 2.75) is 6.54 Å². The van der Waals surface area contributed by atoms with E-state index in [1.807, 2.05) is 6.07 Å². The summed E-state index contributed by atoms with van der Waals surface area (Å²) in [5, 5.41) is 2.39. The number of amides is 1. The van der Waals surface area contributed by atoms with Gasteiger partial charge in [0.25, 0.3) is 11.5 Å². The molecular formula is C17H18N2O5. The summed E-state index contributed by atoms with van der Waals surface area (Å²) in [4.78, 5) is 36.2. The van der Waals surface area contributed by atoms with Gasteiger partial charge >= 0.3 is 5.97 Å². The van der Waals surface area contributed by atoms with E-state index >= 15 is 0 Å². The normalized spacial score (nSPS) is 10.1.